The molecule has 0 radical (unpaired) electrons. The van der Waals surface area contributed by atoms with E-state index >= 15 is 0 Å². The van der Waals surface area contributed by atoms with Crippen LogP contribution in [-0.2, 0) is 4.79 Å². The molecule has 0 fully saturated rings. The summed E-state index contributed by atoms with van der Waals surface area (Å²) in [6.45, 7) is 0. The first-order valence-corrected chi connectivity index (χ1v) is 8.22. The van der Waals surface area contributed by atoms with Crippen LogP contribution in [-0.4, -0.2) is 28.8 Å². The molecule has 0 bridgehead atoms. The number of rotatable bonds is 6. The van der Waals surface area contributed by atoms with E-state index in [1.54, 1.807) is 12.1 Å². The Balaban J connectivity index is 1.49. The molecule has 126 valence electrons. The molecule has 1 N–H and O–H groups in total. The minimum absolute atomic E-state index is 0.0796. The summed E-state index contributed by atoms with van der Waals surface area (Å²) in [6, 6.07) is 13.3. The lowest BCUT2D eigenvalue weighted by atomic mass is 10.1. The molecule has 0 atom stereocenters. The molecule has 0 aliphatic rings. The summed E-state index contributed by atoms with van der Waals surface area (Å²) in [4.78, 5) is 26.7. The van der Waals surface area contributed by atoms with Crippen LogP contribution in [0.1, 0.15) is 15.9 Å². The third-order valence-corrected chi connectivity index (χ3v) is 3.98. The van der Waals surface area contributed by atoms with Crippen molar-refractivity contribution in [3.63, 3.8) is 0 Å². The highest BCUT2D eigenvalue weighted by Gasteiger charge is 2.08. The molecule has 0 aliphatic heterocycles. The summed E-state index contributed by atoms with van der Waals surface area (Å²) in [5, 5.41) is 14.9. The lowest BCUT2D eigenvalue weighted by molar-refractivity contribution is -0.255. The second-order valence-electron chi connectivity index (χ2n) is 4.94. The Hall–Kier alpha value is -3.13. The standard InChI is InChI=1S/C17H13N3O4S/c21-15(10-25-17-19-13-3-1-2-4-14(13)24-17)20-18-9-11-5-7-12(8-6-11)16(22)23/h1-9H,10H2,(H,20,21)(H,22,23)/p-1. The SMILES string of the molecule is O=C(CSc1nc2ccccc2o1)NN=Cc1ccc(C(=O)[O-])cc1. The molecule has 3 rings (SSSR count). The number of hydrogen-bond acceptors (Lipinski definition) is 7. The summed E-state index contributed by atoms with van der Waals surface area (Å²) in [5.41, 5.74) is 4.52. The Morgan fingerprint density at radius 2 is 1.96 bits per heavy atom. The van der Waals surface area contributed by atoms with E-state index in [9.17, 15) is 14.7 Å². The van der Waals surface area contributed by atoms with E-state index in [0.29, 0.717) is 16.4 Å². The fourth-order valence-electron chi connectivity index (χ4n) is 1.96. The molecule has 1 amide bonds. The Morgan fingerprint density at radius 1 is 1.20 bits per heavy atom. The number of para-hydroxylation sites is 2. The van der Waals surface area contributed by atoms with Crippen molar-refractivity contribution < 1.29 is 19.1 Å². The van der Waals surface area contributed by atoms with Gasteiger partial charge in [0, 0.05) is 0 Å². The second-order valence-corrected chi connectivity index (χ2v) is 5.87. The van der Waals surface area contributed by atoms with Gasteiger partial charge in [-0.25, -0.2) is 10.4 Å². The zero-order valence-electron chi connectivity index (χ0n) is 12.8. The summed E-state index contributed by atoms with van der Waals surface area (Å²) >= 11 is 1.17. The van der Waals surface area contributed by atoms with Gasteiger partial charge in [0.2, 0.25) is 0 Å². The number of nitrogens with one attached hydrogen (secondary N) is 1. The monoisotopic (exact) mass is 354 g/mol. The van der Waals surface area contributed by atoms with E-state index in [4.69, 9.17) is 4.42 Å². The van der Waals surface area contributed by atoms with Crippen molar-refractivity contribution in [2.24, 2.45) is 5.10 Å². The van der Waals surface area contributed by atoms with Gasteiger partial charge in [-0.2, -0.15) is 5.10 Å². The highest BCUT2D eigenvalue weighted by Crippen LogP contribution is 2.22. The molecule has 1 heterocycles. The highest BCUT2D eigenvalue weighted by atomic mass is 32.2. The zero-order chi connectivity index (χ0) is 17.6. The number of aromatic nitrogens is 1. The van der Waals surface area contributed by atoms with E-state index in [0.717, 1.165) is 5.52 Å². The van der Waals surface area contributed by atoms with Gasteiger partial charge in [0.05, 0.1) is 17.9 Å². The predicted molar refractivity (Wildman–Crippen MR) is 91.2 cm³/mol. The number of nitrogens with zero attached hydrogens (tertiary/aromatic N) is 2. The predicted octanol–water partition coefficient (Wildman–Crippen LogP) is 1.43. The molecular formula is C17H12N3O4S-. The number of carboxylic acids is 1. The summed E-state index contributed by atoms with van der Waals surface area (Å²) in [5.74, 6) is -1.45. The van der Waals surface area contributed by atoms with Crippen LogP contribution in [0.4, 0.5) is 0 Å². The van der Waals surface area contributed by atoms with Crippen LogP contribution in [0.2, 0.25) is 0 Å². The van der Waals surface area contributed by atoms with Gasteiger partial charge in [0.15, 0.2) is 5.58 Å². The van der Waals surface area contributed by atoms with Crippen LogP contribution in [0.25, 0.3) is 11.1 Å². The molecule has 1 aromatic heterocycles. The van der Waals surface area contributed by atoms with Crippen molar-refractivity contribution in [1.29, 1.82) is 0 Å². The molecule has 0 saturated heterocycles. The Labute approximate surface area is 146 Å². The van der Waals surface area contributed by atoms with E-state index in [1.165, 1.54) is 30.1 Å². The quantitative estimate of drug-likeness (QED) is 0.408. The van der Waals surface area contributed by atoms with Crippen molar-refractivity contribution in [2.75, 3.05) is 5.75 Å². The third-order valence-electron chi connectivity index (χ3n) is 3.15. The van der Waals surface area contributed by atoms with Crippen LogP contribution >= 0.6 is 11.8 Å². The number of oxazole rings is 1. The molecule has 0 saturated carbocycles. The molecule has 25 heavy (non-hydrogen) atoms. The maximum Gasteiger partial charge on any atom is 0.257 e. The lowest BCUT2D eigenvalue weighted by Crippen LogP contribution is -2.22. The molecule has 3 aromatic rings. The van der Waals surface area contributed by atoms with Gasteiger partial charge in [-0.15, -0.1) is 0 Å². The molecule has 0 aliphatic carbocycles. The number of fused-ring (bicyclic) bond motifs is 1. The summed E-state index contributed by atoms with van der Waals surface area (Å²) in [7, 11) is 0. The van der Waals surface area contributed by atoms with Crippen molar-refractivity contribution in [1.82, 2.24) is 10.4 Å². The van der Waals surface area contributed by atoms with Gasteiger partial charge >= 0.3 is 0 Å². The minimum Gasteiger partial charge on any atom is -0.545 e. The average Bonchev–Trinajstić information content (AvgIpc) is 3.03. The van der Waals surface area contributed by atoms with Gasteiger partial charge in [-0.05, 0) is 23.3 Å². The normalized spacial score (nSPS) is 11.0. The van der Waals surface area contributed by atoms with Crippen molar-refractivity contribution >= 4 is 41.0 Å². The Morgan fingerprint density at radius 3 is 2.68 bits per heavy atom. The number of hydrazone groups is 1. The molecule has 0 spiro atoms. The first kappa shape index (κ1) is 16.7. The van der Waals surface area contributed by atoms with Crippen molar-refractivity contribution in [2.45, 2.75) is 5.22 Å². The summed E-state index contributed by atoms with van der Waals surface area (Å²) < 4.78 is 5.50. The molecular weight excluding hydrogens is 342 g/mol. The largest absolute Gasteiger partial charge is 0.545 e. The topological polar surface area (TPSA) is 108 Å². The number of carboxylic acid groups (broad SMARTS) is 1. The van der Waals surface area contributed by atoms with Crippen LogP contribution < -0.4 is 10.5 Å². The van der Waals surface area contributed by atoms with Gasteiger partial charge in [-0.1, -0.05) is 48.2 Å². The molecule has 8 heteroatoms. The number of carbonyl (C=O) groups is 2. The van der Waals surface area contributed by atoms with Crippen molar-refractivity contribution in [3.8, 4) is 0 Å². The van der Waals surface area contributed by atoms with E-state index < -0.39 is 5.97 Å². The van der Waals surface area contributed by atoms with Crippen LogP contribution in [0.3, 0.4) is 0 Å². The maximum absolute atomic E-state index is 11.8. The minimum atomic E-state index is -1.24. The maximum atomic E-state index is 11.8. The van der Waals surface area contributed by atoms with Gasteiger partial charge in [-0.3, -0.25) is 4.79 Å². The molecule has 2 aromatic carbocycles. The second kappa shape index (κ2) is 7.63. The van der Waals surface area contributed by atoms with Gasteiger partial charge in [0.1, 0.15) is 5.52 Å². The van der Waals surface area contributed by atoms with E-state index in [-0.39, 0.29) is 17.2 Å². The van der Waals surface area contributed by atoms with Gasteiger partial charge in [0.25, 0.3) is 11.1 Å². The number of amides is 1. The number of carbonyl (C=O) groups excluding carboxylic acids is 2. The Bertz CT molecular complexity index is 901. The number of thioether (sulfide) groups is 1. The fourth-order valence-corrected chi connectivity index (χ4v) is 2.59. The van der Waals surface area contributed by atoms with E-state index in [2.05, 4.69) is 15.5 Å². The Kier molecular flexibility index (Phi) is 5.10. The first-order chi connectivity index (χ1) is 12.1. The number of benzene rings is 2. The van der Waals surface area contributed by atoms with Crippen LogP contribution in [0.5, 0.6) is 0 Å². The smallest absolute Gasteiger partial charge is 0.257 e. The first-order valence-electron chi connectivity index (χ1n) is 7.23. The lowest BCUT2D eigenvalue weighted by Gasteiger charge is -2.01. The van der Waals surface area contributed by atoms with Crippen molar-refractivity contribution in [3.05, 3.63) is 59.7 Å². The number of hydrogen-bond donors (Lipinski definition) is 1. The van der Waals surface area contributed by atoms with Crippen LogP contribution in [0, 0.1) is 0 Å². The molecule has 7 nitrogen and oxygen atoms in total. The van der Waals surface area contributed by atoms with Gasteiger partial charge < -0.3 is 14.3 Å². The highest BCUT2D eigenvalue weighted by molar-refractivity contribution is 7.99. The zero-order valence-corrected chi connectivity index (χ0v) is 13.7. The summed E-state index contributed by atoms with van der Waals surface area (Å²) in [6.07, 6.45) is 1.42. The average molecular weight is 354 g/mol. The van der Waals surface area contributed by atoms with Crippen LogP contribution in [0.15, 0.2) is 63.3 Å². The fraction of sp³-hybridized carbons (Fsp3) is 0.0588. The molecule has 0 unspecified atom stereocenters. The van der Waals surface area contributed by atoms with E-state index in [1.807, 2.05) is 24.3 Å². The third kappa shape index (κ3) is 4.45. The number of aromatic carboxylic acids is 1.